The smallest absolute Gasteiger partial charge is 0.235 e. The highest BCUT2D eigenvalue weighted by Crippen LogP contribution is 2.22. The van der Waals surface area contributed by atoms with Crippen molar-refractivity contribution in [2.75, 3.05) is 12.8 Å². The summed E-state index contributed by atoms with van der Waals surface area (Å²) in [5, 5.41) is 4.28. The van der Waals surface area contributed by atoms with E-state index in [0.717, 1.165) is 25.9 Å². The molecular formula is C12H19N3OS. The van der Waals surface area contributed by atoms with Crippen molar-refractivity contribution >= 4 is 17.7 Å². The summed E-state index contributed by atoms with van der Waals surface area (Å²) < 4.78 is 1.92. The molecule has 0 bridgehead atoms. The first-order valence-electron chi connectivity index (χ1n) is 6.03. The Kier molecular flexibility index (Phi) is 4.10. The molecule has 0 saturated carbocycles. The van der Waals surface area contributed by atoms with Gasteiger partial charge in [0.2, 0.25) is 5.91 Å². The number of rotatable bonds is 4. The van der Waals surface area contributed by atoms with Crippen molar-refractivity contribution < 1.29 is 4.79 Å². The molecule has 2 rings (SSSR count). The van der Waals surface area contributed by atoms with Crippen molar-refractivity contribution in [3.05, 3.63) is 18.5 Å². The van der Waals surface area contributed by atoms with Gasteiger partial charge >= 0.3 is 0 Å². The van der Waals surface area contributed by atoms with Crippen LogP contribution in [0.5, 0.6) is 0 Å². The second-order valence-corrected chi connectivity index (χ2v) is 5.61. The lowest BCUT2D eigenvalue weighted by atomic mass is 10.2. The quantitative estimate of drug-likeness (QED) is 0.818. The summed E-state index contributed by atoms with van der Waals surface area (Å²) in [6.45, 7) is 3.70. The largest absolute Gasteiger partial charge is 0.337 e. The number of hydrogen-bond donors (Lipinski definition) is 0. The van der Waals surface area contributed by atoms with E-state index in [-0.39, 0.29) is 11.2 Å². The van der Waals surface area contributed by atoms with Crippen LogP contribution in [0.2, 0.25) is 0 Å². The van der Waals surface area contributed by atoms with Gasteiger partial charge in [-0.1, -0.05) is 0 Å². The number of nitrogens with zero attached hydrogens (tertiary/aromatic N) is 3. The average molecular weight is 253 g/mol. The Balaban J connectivity index is 1.99. The Hall–Kier alpha value is -0.970. The zero-order chi connectivity index (χ0) is 12.3. The summed E-state index contributed by atoms with van der Waals surface area (Å²) >= 11 is 1.62. The van der Waals surface area contributed by atoms with Crippen LogP contribution < -0.4 is 0 Å². The first kappa shape index (κ1) is 12.5. The number of aromatic nitrogens is 2. The number of hydrogen-bond acceptors (Lipinski definition) is 3. The minimum absolute atomic E-state index is 0.0632. The monoisotopic (exact) mass is 253 g/mol. The van der Waals surface area contributed by atoms with Gasteiger partial charge in [0.15, 0.2) is 0 Å². The molecule has 1 aromatic heterocycles. The normalized spacial score (nSPS) is 21.8. The highest BCUT2D eigenvalue weighted by Gasteiger charge is 2.31. The summed E-state index contributed by atoms with van der Waals surface area (Å²) in [4.78, 5) is 14.2. The molecule has 1 fully saturated rings. The van der Waals surface area contributed by atoms with Gasteiger partial charge in [-0.3, -0.25) is 9.48 Å². The van der Waals surface area contributed by atoms with E-state index in [1.165, 1.54) is 0 Å². The van der Waals surface area contributed by atoms with Crippen LogP contribution in [0, 0.1) is 0 Å². The van der Waals surface area contributed by atoms with E-state index in [1.54, 1.807) is 18.0 Å². The van der Waals surface area contributed by atoms with Crippen molar-refractivity contribution in [2.45, 2.75) is 37.6 Å². The van der Waals surface area contributed by atoms with Crippen LogP contribution in [-0.4, -0.2) is 44.7 Å². The van der Waals surface area contributed by atoms with E-state index >= 15 is 0 Å². The van der Waals surface area contributed by atoms with Gasteiger partial charge in [0.1, 0.15) is 0 Å². The topological polar surface area (TPSA) is 38.1 Å². The third-order valence-electron chi connectivity index (χ3n) is 3.32. The van der Waals surface area contributed by atoms with Crippen LogP contribution in [-0.2, 0) is 11.3 Å². The molecule has 94 valence electrons. The SMILES string of the molecule is CS[C@H](C)C(=O)N1CCC[C@H]1Cn1cccn1. The summed E-state index contributed by atoms with van der Waals surface area (Å²) in [6.07, 6.45) is 7.93. The minimum Gasteiger partial charge on any atom is -0.337 e. The van der Waals surface area contributed by atoms with Gasteiger partial charge in [0.05, 0.1) is 17.8 Å². The fourth-order valence-corrected chi connectivity index (χ4v) is 2.61. The molecule has 0 unspecified atom stereocenters. The van der Waals surface area contributed by atoms with Gasteiger partial charge in [-0.05, 0) is 32.1 Å². The Morgan fingerprint density at radius 3 is 3.12 bits per heavy atom. The zero-order valence-corrected chi connectivity index (χ0v) is 11.2. The second-order valence-electron chi connectivity index (χ2n) is 4.43. The van der Waals surface area contributed by atoms with Crippen molar-refractivity contribution in [1.82, 2.24) is 14.7 Å². The van der Waals surface area contributed by atoms with Crippen LogP contribution in [0.15, 0.2) is 18.5 Å². The highest BCUT2D eigenvalue weighted by atomic mass is 32.2. The lowest BCUT2D eigenvalue weighted by Crippen LogP contribution is -2.42. The Labute approximate surface area is 106 Å². The van der Waals surface area contributed by atoms with Crippen molar-refractivity contribution in [3.8, 4) is 0 Å². The second kappa shape index (κ2) is 5.58. The number of thioether (sulfide) groups is 1. The van der Waals surface area contributed by atoms with E-state index in [2.05, 4.69) is 5.10 Å². The predicted molar refractivity (Wildman–Crippen MR) is 69.9 cm³/mol. The molecule has 1 aliphatic heterocycles. The molecular weight excluding hydrogens is 234 g/mol. The van der Waals surface area contributed by atoms with Gasteiger partial charge in [-0.25, -0.2) is 0 Å². The Morgan fingerprint density at radius 2 is 2.47 bits per heavy atom. The van der Waals surface area contributed by atoms with E-state index in [0.29, 0.717) is 6.04 Å². The summed E-state index contributed by atoms with van der Waals surface area (Å²) in [6, 6.07) is 2.24. The predicted octanol–water partition coefficient (Wildman–Crippen LogP) is 1.63. The number of amides is 1. The van der Waals surface area contributed by atoms with Gasteiger partial charge < -0.3 is 4.90 Å². The minimum atomic E-state index is 0.0632. The lowest BCUT2D eigenvalue weighted by molar-refractivity contribution is -0.131. The third kappa shape index (κ3) is 2.83. The standard InChI is InChI=1S/C12H19N3OS/c1-10(17-2)12(16)15-8-3-5-11(15)9-14-7-4-6-13-14/h4,6-7,10-11H,3,5,8-9H2,1-2H3/t10-,11+/m1/s1. The maximum atomic E-state index is 12.2. The highest BCUT2D eigenvalue weighted by molar-refractivity contribution is 7.99. The molecule has 2 atom stereocenters. The van der Waals surface area contributed by atoms with Crippen LogP contribution in [0.25, 0.3) is 0 Å². The Bertz CT molecular complexity index is 366. The molecule has 0 radical (unpaired) electrons. The molecule has 4 nitrogen and oxygen atoms in total. The number of likely N-dealkylation sites (tertiary alicyclic amines) is 1. The maximum Gasteiger partial charge on any atom is 0.235 e. The van der Waals surface area contributed by atoms with E-state index in [1.807, 2.05) is 35.0 Å². The van der Waals surface area contributed by atoms with Crippen molar-refractivity contribution in [1.29, 1.82) is 0 Å². The first-order valence-corrected chi connectivity index (χ1v) is 7.32. The summed E-state index contributed by atoms with van der Waals surface area (Å²) in [5.41, 5.74) is 0. The van der Waals surface area contributed by atoms with Gasteiger partial charge in [0, 0.05) is 18.9 Å². The van der Waals surface area contributed by atoms with Crippen molar-refractivity contribution in [2.24, 2.45) is 0 Å². The van der Waals surface area contributed by atoms with Gasteiger partial charge in [-0.2, -0.15) is 16.9 Å². The average Bonchev–Trinajstić information content (AvgIpc) is 2.99. The van der Waals surface area contributed by atoms with E-state index in [9.17, 15) is 4.79 Å². The lowest BCUT2D eigenvalue weighted by Gasteiger charge is -2.26. The van der Waals surface area contributed by atoms with Crippen molar-refractivity contribution in [3.63, 3.8) is 0 Å². The van der Waals surface area contributed by atoms with Crippen LogP contribution in [0.4, 0.5) is 0 Å². The van der Waals surface area contributed by atoms with Crippen LogP contribution in [0.1, 0.15) is 19.8 Å². The molecule has 0 N–H and O–H groups in total. The van der Waals surface area contributed by atoms with Crippen LogP contribution in [0.3, 0.4) is 0 Å². The molecule has 1 aromatic rings. The molecule has 17 heavy (non-hydrogen) atoms. The zero-order valence-electron chi connectivity index (χ0n) is 10.4. The summed E-state index contributed by atoms with van der Waals surface area (Å²) in [7, 11) is 0. The molecule has 1 aliphatic rings. The third-order valence-corrected chi connectivity index (χ3v) is 4.23. The van der Waals surface area contributed by atoms with Gasteiger partial charge in [0.25, 0.3) is 0 Å². The molecule has 0 spiro atoms. The van der Waals surface area contributed by atoms with E-state index < -0.39 is 0 Å². The van der Waals surface area contributed by atoms with Crippen LogP contribution >= 0.6 is 11.8 Å². The molecule has 1 amide bonds. The summed E-state index contributed by atoms with van der Waals surface area (Å²) in [5.74, 6) is 0.271. The van der Waals surface area contributed by atoms with E-state index in [4.69, 9.17) is 0 Å². The molecule has 0 aromatic carbocycles. The van der Waals surface area contributed by atoms with Gasteiger partial charge in [-0.15, -0.1) is 0 Å². The maximum absolute atomic E-state index is 12.2. The number of carbonyl (C=O) groups is 1. The molecule has 1 saturated heterocycles. The first-order chi connectivity index (χ1) is 8.22. The molecule has 2 heterocycles. The fourth-order valence-electron chi connectivity index (χ4n) is 2.27. The molecule has 0 aliphatic carbocycles. The fraction of sp³-hybridized carbons (Fsp3) is 0.667. The Morgan fingerprint density at radius 1 is 1.65 bits per heavy atom. The number of carbonyl (C=O) groups excluding carboxylic acids is 1. The molecule has 5 heteroatoms.